The van der Waals surface area contributed by atoms with Gasteiger partial charge < -0.3 is 4.57 Å². The van der Waals surface area contributed by atoms with Crippen LogP contribution in [0.25, 0.3) is 10.2 Å². The molecule has 0 bridgehead atoms. The third-order valence-corrected chi connectivity index (χ3v) is 4.35. The Balaban J connectivity index is 2.71. The van der Waals surface area contributed by atoms with Crippen LogP contribution in [-0.4, -0.2) is 23.2 Å². The average Bonchev–Trinajstić information content (AvgIpc) is 2.62. The summed E-state index contributed by atoms with van der Waals surface area (Å²) in [6.07, 6.45) is 0. The van der Waals surface area contributed by atoms with Gasteiger partial charge in [-0.1, -0.05) is 11.3 Å². The fourth-order valence-corrected chi connectivity index (χ4v) is 3.10. The average molecular weight is 299 g/mol. The van der Waals surface area contributed by atoms with E-state index in [1.165, 1.54) is 23.5 Å². The summed E-state index contributed by atoms with van der Waals surface area (Å²) in [5.74, 6) is 0. The monoisotopic (exact) mass is 299 g/mol. The molecule has 0 spiro atoms. The molecule has 102 valence electrons. The smallest absolute Gasteiger partial charge is 0.294 e. The van der Waals surface area contributed by atoms with E-state index in [0.29, 0.717) is 4.80 Å². The molecule has 1 aromatic carbocycles. The number of aromatic nitrogens is 1. The molecule has 8 heteroatoms. The normalized spacial score (nSPS) is 12.9. The third kappa shape index (κ3) is 2.91. The third-order valence-electron chi connectivity index (χ3n) is 2.41. The second kappa shape index (κ2) is 4.87. The van der Waals surface area contributed by atoms with E-state index in [9.17, 15) is 8.42 Å². The lowest BCUT2D eigenvalue weighted by Crippen LogP contribution is -2.09. The highest BCUT2D eigenvalue weighted by Gasteiger charge is 2.12. The first-order chi connectivity index (χ1) is 8.79. The van der Waals surface area contributed by atoms with Crippen molar-refractivity contribution in [1.82, 2.24) is 4.57 Å². The summed E-state index contributed by atoms with van der Waals surface area (Å²) in [5.41, 5.74) is 1.66. The van der Waals surface area contributed by atoms with Crippen LogP contribution in [0, 0.1) is 0 Å². The summed E-state index contributed by atoms with van der Waals surface area (Å²) in [6, 6.07) is 4.43. The number of fused-ring (bicyclic) bond motifs is 1. The summed E-state index contributed by atoms with van der Waals surface area (Å²) >= 11 is 1.31. The molecule has 0 unspecified atom stereocenters. The van der Waals surface area contributed by atoms with Gasteiger partial charge in [0.15, 0.2) is 0 Å². The van der Waals surface area contributed by atoms with Crippen LogP contribution in [0.4, 0.5) is 0 Å². The van der Waals surface area contributed by atoms with E-state index >= 15 is 0 Å². The number of benzene rings is 1. The first-order valence-corrected chi connectivity index (χ1v) is 7.66. The van der Waals surface area contributed by atoms with Crippen molar-refractivity contribution in [2.24, 2.45) is 17.3 Å². The van der Waals surface area contributed by atoms with Gasteiger partial charge in [-0.3, -0.25) is 4.55 Å². The van der Waals surface area contributed by atoms with Gasteiger partial charge in [-0.15, -0.1) is 5.10 Å². The molecule has 0 saturated heterocycles. The fraction of sp³-hybridized carbons (Fsp3) is 0.273. The molecule has 0 amide bonds. The number of nitrogens with zero attached hydrogens (tertiary/aromatic N) is 3. The van der Waals surface area contributed by atoms with Crippen LogP contribution in [-0.2, 0) is 17.2 Å². The van der Waals surface area contributed by atoms with Gasteiger partial charge in [0.05, 0.1) is 15.1 Å². The second-order valence-electron chi connectivity index (χ2n) is 4.20. The SMILES string of the molecule is CC(C)=N/N=c1/sc2cc(S(=O)(=O)O)ccc2n1C. The van der Waals surface area contributed by atoms with E-state index in [2.05, 4.69) is 10.2 Å². The van der Waals surface area contributed by atoms with E-state index < -0.39 is 10.1 Å². The van der Waals surface area contributed by atoms with Crippen molar-refractivity contribution in [3.05, 3.63) is 23.0 Å². The van der Waals surface area contributed by atoms with Gasteiger partial charge in [0.1, 0.15) is 0 Å². The molecule has 0 atom stereocenters. The zero-order chi connectivity index (χ0) is 14.2. The Morgan fingerprint density at radius 2 is 2.05 bits per heavy atom. The quantitative estimate of drug-likeness (QED) is 0.521. The Morgan fingerprint density at radius 1 is 1.37 bits per heavy atom. The van der Waals surface area contributed by atoms with Crippen molar-refractivity contribution < 1.29 is 13.0 Å². The van der Waals surface area contributed by atoms with Gasteiger partial charge in [-0.2, -0.15) is 13.5 Å². The van der Waals surface area contributed by atoms with Crippen molar-refractivity contribution in [2.45, 2.75) is 18.7 Å². The Morgan fingerprint density at radius 3 is 2.63 bits per heavy atom. The first kappa shape index (κ1) is 13.9. The molecular formula is C11H13N3O3S2. The largest absolute Gasteiger partial charge is 0.318 e. The van der Waals surface area contributed by atoms with E-state index in [4.69, 9.17) is 4.55 Å². The van der Waals surface area contributed by atoms with Crippen molar-refractivity contribution in [3.63, 3.8) is 0 Å². The molecule has 1 aromatic heterocycles. The highest BCUT2D eigenvalue weighted by molar-refractivity contribution is 7.85. The van der Waals surface area contributed by atoms with Crippen LogP contribution < -0.4 is 4.80 Å². The molecule has 1 N–H and O–H groups in total. The predicted octanol–water partition coefficient (Wildman–Crippen LogP) is 1.78. The van der Waals surface area contributed by atoms with Crippen molar-refractivity contribution >= 4 is 37.4 Å². The number of rotatable bonds is 2. The zero-order valence-corrected chi connectivity index (χ0v) is 12.3. The van der Waals surface area contributed by atoms with E-state index in [-0.39, 0.29) is 4.90 Å². The summed E-state index contributed by atoms with van der Waals surface area (Å²) in [4.78, 5) is 0.535. The Kier molecular flexibility index (Phi) is 3.57. The minimum Gasteiger partial charge on any atom is -0.318 e. The summed E-state index contributed by atoms with van der Waals surface area (Å²) in [7, 11) is -2.36. The molecule has 0 radical (unpaired) electrons. The van der Waals surface area contributed by atoms with E-state index in [0.717, 1.165) is 15.9 Å². The lowest BCUT2D eigenvalue weighted by atomic mass is 10.3. The molecule has 0 aliphatic rings. The predicted molar refractivity (Wildman–Crippen MR) is 75.0 cm³/mol. The van der Waals surface area contributed by atoms with Gasteiger partial charge in [0.25, 0.3) is 10.1 Å². The summed E-state index contributed by atoms with van der Waals surface area (Å²) in [5, 5.41) is 8.08. The van der Waals surface area contributed by atoms with Gasteiger partial charge in [-0.05, 0) is 32.0 Å². The topological polar surface area (TPSA) is 84.0 Å². The summed E-state index contributed by atoms with van der Waals surface area (Å²) < 4.78 is 33.8. The minimum absolute atomic E-state index is 0.122. The molecule has 2 rings (SSSR count). The molecule has 0 fully saturated rings. The molecule has 0 aliphatic carbocycles. The van der Waals surface area contributed by atoms with Crippen LogP contribution >= 0.6 is 11.3 Å². The highest BCUT2D eigenvalue weighted by atomic mass is 32.2. The van der Waals surface area contributed by atoms with Gasteiger partial charge in [0.2, 0.25) is 4.80 Å². The molecule has 2 aromatic rings. The Bertz CT molecular complexity index is 824. The highest BCUT2D eigenvalue weighted by Crippen LogP contribution is 2.20. The standard InChI is InChI=1S/C11H13N3O3S2/c1-7(2)12-13-11-14(3)9-5-4-8(19(15,16)17)6-10(9)18-11/h4-6H,1-3H3,(H,15,16,17)/b13-11+. The first-order valence-electron chi connectivity index (χ1n) is 5.41. The van der Waals surface area contributed by atoms with Gasteiger partial charge in [0, 0.05) is 12.8 Å². The lowest BCUT2D eigenvalue weighted by Gasteiger charge is -1.97. The lowest BCUT2D eigenvalue weighted by molar-refractivity contribution is 0.483. The number of aryl methyl sites for hydroxylation is 1. The van der Waals surface area contributed by atoms with Crippen LogP contribution in [0.5, 0.6) is 0 Å². The Hall–Kier alpha value is -1.51. The second-order valence-corrected chi connectivity index (χ2v) is 6.63. The maximum absolute atomic E-state index is 11.1. The maximum Gasteiger partial charge on any atom is 0.294 e. The molecular weight excluding hydrogens is 286 g/mol. The van der Waals surface area contributed by atoms with Crippen molar-refractivity contribution in [3.8, 4) is 0 Å². The van der Waals surface area contributed by atoms with Crippen LogP contribution in [0.3, 0.4) is 0 Å². The van der Waals surface area contributed by atoms with Crippen LogP contribution in [0.2, 0.25) is 0 Å². The Labute approximate surface area is 114 Å². The minimum atomic E-state index is -4.18. The molecule has 0 aliphatic heterocycles. The van der Waals surface area contributed by atoms with E-state index in [1.807, 2.05) is 25.5 Å². The molecule has 19 heavy (non-hydrogen) atoms. The van der Waals surface area contributed by atoms with Crippen molar-refractivity contribution in [2.75, 3.05) is 0 Å². The molecule has 6 nitrogen and oxygen atoms in total. The zero-order valence-electron chi connectivity index (χ0n) is 10.7. The fourth-order valence-electron chi connectivity index (χ4n) is 1.51. The number of thiazole rings is 1. The van der Waals surface area contributed by atoms with Crippen molar-refractivity contribution in [1.29, 1.82) is 0 Å². The molecule has 1 heterocycles. The van der Waals surface area contributed by atoms with E-state index in [1.54, 1.807) is 6.07 Å². The number of hydrogen-bond acceptors (Lipinski definition) is 5. The molecule has 0 saturated carbocycles. The number of hydrogen-bond donors (Lipinski definition) is 1. The van der Waals surface area contributed by atoms with Crippen LogP contribution in [0.15, 0.2) is 33.3 Å². The van der Waals surface area contributed by atoms with Gasteiger partial charge >= 0.3 is 0 Å². The van der Waals surface area contributed by atoms with Crippen LogP contribution in [0.1, 0.15) is 13.8 Å². The van der Waals surface area contributed by atoms with Gasteiger partial charge in [-0.25, -0.2) is 0 Å². The summed E-state index contributed by atoms with van der Waals surface area (Å²) in [6.45, 7) is 3.68. The maximum atomic E-state index is 11.1.